The third-order valence-corrected chi connectivity index (χ3v) is 2.08. The van der Waals surface area contributed by atoms with Gasteiger partial charge in [-0.25, -0.2) is 0 Å². The predicted molar refractivity (Wildman–Crippen MR) is 46.4 cm³/mol. The first-order chi connectivity index (χ1) is 5.20. The van der Waals surface area contributed by atoms with Gasteiger partial charge in [0.15, 0.2) is 0 Å². The molecule has 1 rings (SSSR count). The van der Waals surface area contributed by atoms with E-state index < -0.39 is 5.91 Å². The van der Waals surface area contributed by atoms with E-state index in [0.717, 1.165) is 5.56 Å². The zero-order chi connectivity index (χ0) is 8.27. The average Bonchev–Trinajstić information content (AvgIpc) is 2.39. The Morgan fingerprint density at radius 2 is 2.45 bits per heavy atom. The number of nitrogens with two attached hydrogens (primary N) is 1. The Balaban J connectivity index is 2.57. The van der Waals surface area contributed by atoms with E-state index in [4.69, 9.17) is 5.73 Å². The van der Waals surface area contributed by atoms with Crippen LogP contribution in [0.3, 0.4) is 0 Å². The molecule has 2 nitrogen and oxygen atoms in total. The minimum Gasteiger partial charge on any atom is -0.366 e. The molecule has 0 fully saturated rings. The molecule has 0 spiro atoms. The molecule has 0 aromatic carbocycles. The van der Waals surface area contributed by atoms with Crippen molar-refractivity contribution in [3.05, 3.63) is 34.5 Å². The summed E-state index contributed by atoms with van der Waals surface area (Å²) in [6, 6.07) is 1.96. The summed E-state index contributed by atoms with van der Waals surface area (Å²) in [5, 5.41) is 3.94. The molecule has 0 aliphatic carbocycles. The third kappa shape index (κ3) is 2.20. The lowest BCUT2D eigenvalue weighted by atomic mass is 10.1. The van der Waals surface area contributed by atoms with Crippen LogP contribution in [0.25, 0.3) is 0 Å². The molecule has 0 atom stereocenters. The van der Waals surface area contributed by atoms with Crippen LogP contribution in [0, 0.1) is 0 Å². The fraction of sp³-hybridized carbons (Fsp3) is 0.125. The lowest BCUT2D eigenvalue weighted by molar-refractivity contribution is -0.114. The summed E-state index contributed by atoms with van der Waals surface area (Å²) < 4.78 is 0. The molecule has 11 heavy (non-hydrogen) atoms. The molecule has 0 aliphatic heterocycles. The van der Waals surface area contributed by atoms with E-state index in [1.54, 1.807) is 11.3 Å². The first kappa shape index (κ1) is 8.01. The topological polar surface area (TPSA) is 43.1 Å². The molecule has 1 aromatic rings. The highest BCUT2D eigenvalue weighted by Gasteiger charge is 2.02. The number of carbonyl (C=O) groups is 1. The molecule has 3 heteroatoms. The Labute approximate surface area is 69.3 Å². The van der Waals surface area contributed by atoms with Crippen molar-refractivity contribution >= 4 is 17.2 Å². The van der Waals surface area contributed by atoms with Crippen molar-refractivity contribution in [3.63, 3.8) is 0 Å². The van der Waals surface area contributed by atoms with Gasteiger partial charge < -0.3 is 5.73 Å². The molecule has 0 radical (unpaired) electrons. The Hall–Kier alpha value is -1.09. The van der Waals surface area contributed by atoms with E-state index in [-0.39, 0.29) is 0 Å². The highest BCUT2D eigenvalue weighted by atomic mass is 32.1. The second kappa shape index (κ2) is 3.34. The van der Waals surface area contributed by atoms with Crippen LogP contribution in [-0.4, -0.2) is 5.91 Å². The van der Waals surface area contributed by atoms with Crippen LogP contribution in [-0.2, 0) is 11.2 Å². The van der Waals surface area contributed by atoms with E-state index >= 15 is 0 Å². The van der Waals surface area contributed by atoms with Crippen LogP contribution in [0.2, 0.25) is 0 Å². The molecular formula is C8H9NOS. The average molecular weight is 167 g/mol. The predicted octanol–water partition coefficient (Wildman–Crippen LogP) is 1.33. The highest BCUT2D eigenvalue weighted by Crippen LogP contribution is 2.10. The number of rotatable bonds is 3. The van der Waals surface area contributed by atoms with Crippen LogP contribution in [0.15, 0.2) is 29.0 Å². The molecular weight excluding hydrogens is 158 g/mol. The van der Waals surface area contributed by atoms with Gasteiger partial charge in [0.25, 0.3) is 0 Å². The third-order valence-electron chi connectivity index (χ3n) is 1.35. The smallest absolute Gasteiger partial charge is 0.244 e. The van der Waals surface area contributed by atoms with Crippen LogP contribution in [0.1, 0.15) is 5.56 Å². The first-order valence-electron chi connectivity index (χ1n) is 3.19. The maximum atomic E-state index is 10.6. The maximum absolute atomic E-state index is 10.6. The molecule has 0 bridgehead atoms. The Morgan fingerprint density at radius 1 is 1.73 bits per heavy atom. The molecule has 1 heterocycles. The van der Waals surface area contributed by atoms with Gasteiger partial charge in [-0.2, -0.15) is 11.3 Å². The van der Waals surface area contributed by atoms with E-state index in [2.05, 4.69) is 6.58 Å². The van der Waals surface area contributed by atoms with Gasteiger partial charge in [0.2, 0.25) is 5.91 Å². The number of hydrogen-bond donors (Lipinski definition) is 1. The van der Waals surface area contributed by atoms with Crippen molar-refractivity contribution in [2.45, 2.75) is 6.42 Å². The molecule has 2 N–H and O–H groups in total. The van der Waals surface area contributed by atoms with Crippen molar-refractivity contribution in [3.8, 4) is 0 Å². The van der Waals surface area contributed by atoms with Crippen molar-refractivity contribution in [1.29, 1.82) is 0 Å². The van der Waals surface area contributed by atoms with Crippen molar-refractivity contribution in [2.75, 3.05) is 0 Å². The van der Waals surface area contributed by atoms with Crippen molar-refractivity contribution in [1.82, 2.24) is 0 Å². The molecule has 1 amide bonds. The standard InChI is InChI=1S/C8H9NOS/c1-6(8(9)10)4-7-2-3-11-5-7/h2-3,5H,1,4H2,(H2,9,10). The van der Waals surface area contributed by atoms with Crippen LogP contribution in [0.4, 0.5) is 0 Å². The van der Waals surface area contributed by atoms with E-state index in [0.29, 0.717) is 12.0 Å². The fourth-order valence-electron chi connectivity index (χ4n) is 0.727. The van der Waals surface area contributed by atoms with Gasteiger partial charge in [-0.3, -0.25) is 4.79 Å². The Bertz CT molecular complexity index is 264. The molecule has 0 aliphatic rings. The van der Waals surface area contributed by atoms with Gasteiger partial charge in [0, 0.05) is 12.0 Å². The summed E-state index contributed by atoms with van der Waals surface area (Å²) in [5.41, 5.74) is 6.58. The largest absolute Gasteiger partial charge is 0.366 e. The molecule has 0 saturated carbocycles. The van der Waals surface area contributed by atoms with Crippen molar-refractivity contribution in [2.24, 2.45) is 5.73 Å². The fourth-order valence-corrected chi connectivity index (χ4v) is 1.40. The van der Waals surface area contributed by atoms with Gasteiger partial charge in [-0.1, -0.05) is 6.58 Å². The summed E-state index contributed by atoms with van der Waals surface area (Å²) in [5.74, 6) is -0.420. The number of thiophene rings is 1. The monoisotopic (exact) mass is 167 g/mol. The minimum atomic E-state index is -0.420. The molecule has 0 unspecified atom stereocenters. The number of hydrogen-bond acceptors (Lipinski definition) is 2. The van der Waals surface area contributed by atoms with Gasteiger partial charge >= 0.3 is 0 Å². The molecule has 58 valence electrons. The highest BCUT2D eigenvalue weighted by molar-refractivity contribution is 7.07. The quantitative estimate of drug-likeness (QED) is 0.678. The van der Waals surface area contributed by atoms with Crippen LogP contribution < -0.4 is 5.73 Å². The van der Waals surface area contributed by atoms with Gasteiger partial charge in [0.1, 0.15) is 0 Å². The van der Waals surface area contributed by atoms with E-state index in [1.165, 1.54) is 0 Å². The summed E-state index contributed by atoms with van der Waals surface area (Å²) in [7, 11) is 0. The zero-order valence-electron chi connectivity index (χ0n) is 6.04. The second-order valence-corrected chi connectivity index (χ2v) is 3.06. The van der Waals surface area contributed by atoms with Crippen LogP contribution >= 0.6 is 11.3 Å². The summed E-state index contributed by atoms with van der Waals surface area (Å²) in [6.45, 7) is 3.56. The lowest BCUT2D eigenvalue weighted by Crippen LogP contribution is -2.14. The summed E-state index contributed by atoms with van der Waals surface area (Å²) in [4.78, 5) is 10.6. The Morgan fingerprint density at radius 3 is 2.91 bits per heavy atom. The summed E-state index contributed by atoms with van der Waals surface area (Å²) >= 11 is 1.60. The normalized spacial score (nSPS) is 9.45. The van der Waals surface area contributed by atoms with Gasteiger partial charge in [-0.15, -0.1) is 0 Å². The number of amides is 1. The molecule has 1 aromatic heterocycles. The zero-order valence-corrected chi connectivity index (χ0v) is 6.86. The number of carbonyl (C=O) groups excluding carboxylic acids is 1. The van der Waals surface area contributed by atoms with E-state index in [9.17, 15) is 4.79 Å². The lowest BCUT2D eigenvalue weighted by Gasteiger charge is -1.96. The molecule has 0 saturated heterocycles. The van der Waals surface area contributed by atoms with Gasteiger partial charge in [0.05, 0.1) is 0 Å². The minimum absolute atomic E-state index is 0.420. The number of primary amides is 1. The van der Waals surface area contributed by atoms with E-state index in [1.807, 2.05) is 16.8 Å². The Kier molecular flexibility index (Phi) is 2.44. The second-order valence-electron chi connectivity index (χ2n) is 2.28. The first-order valence-corrected chi connectivity index (χ1v) is 4.13. The maximum Gasteiger partial charge on any atom is 0.244 e. The van der Waals surface area contributed by atoms with Crippen molar-refractivity contribution < 1.29 is 4.79 Å². The van der Waals surface area contributed by atoms with Crippen LogP contribution in [0.5, 0.6) is 0 Å². The van der Waals surface area contributed by atoms with Gasteiger partial charge in [-0.05, 0) is 22.4 Å². The summed E-state index contributed by atoms with van der Waals surface area (Å²) in [6.07, 6.45) is 0.568. The SMILES string of the molecule is C=C(Cc1ccsc1)C(N)=O.